The lowest BCUT2D eigenvalue weighted by molar-refractivity contribution is -0.145. The van der Waals surface area contributed by atoms with Gasteiger partial charge in [-0.25, -0.2) is 0 Å². The van der Waals surface area contributed by atoms with Gasteiger partial charge in [-0.05, 0) is 26.0 Å². The summed E-state index contributed by atoms with van der Waals surface area (Å²) in [5, 5.41) is 8.92. The van der Waals surface area contributed by atoms with Crippen LogP contribution in [0.5, 0.6) is 0 Å². The maximum Gasteiger partial charge on any atom is 0.323 e. The predicted octanol–water partition coefficient (Wildman–Crippen LogP) is 0.389. The number of carbonyl (C=O) groups excluding carboxylic acids is 1. The monoisotopic (exact) mass is 353 g/mol. The van der Waals surface area contributed by atoms with E-state index < -0.39 is 28.4 Å². The summed E-state index contributed by atoms with van der Waals surface area (Å²) in [6.45, 7) is 2.85. The highest BCUT2D eigenvalue weighted by Crippen LogP contribution is 2.26. The molecule has 0 bridgehead atoms. The van der Waals surface area contributed by atoms with Crippen LogP contribution >= 0.6 is 0 Å². The van der Waals surface area contributed by atoms with Crippen molar-refractivity contribution in [3.63, 3.8) is 0 Å². The van der Waals surface area contributed by atoms with E-state index in [0.29, 0.717) is 5.56 Å². The largest absolute Gasteiger partial charge is 0.480 e. The number of carboxylic acid groups (broad SMARTS) is 1. The number of hydrogen-bond acceptors (Lipinski definition) is 5. The van der Waals surface area contributed by atoms with E-state index >= 15 is 0 Å². The normalized spacial score (nSPS) is 14.9. The first-order valence-electron chi connectivity index (χ1n) is 7.30. The summed E-state index contributed by atoms with van der Waals surface area (Å²) < 4.78 is 27.8. The zero-order chi connectivity index (χ0) is 18.1. The summed E-state index contributed by atoms with van der Waals surface area (Å²) in [7, 11) is -2.21. The van der Waals surface area contributed by atoms with E-state index in [1.807, 2.05) is 0 Å². The molecule has 1 heterocycles. The molecule has 130 valence electrons. The Labute approximate surface area is 140 Å². The van der Waals surface area contributed by atoms with Crippen LogP contribution in [-0.4, -0.2) is 67.2 Å². The Morgan fingerprint density at radius 3 is 2.42 bits per heavy atom. The smallest absolute Gasteiger partial charge is 0.323 e. The van der Waals surface area contributed by atoms with Crippen molar-refractivity contribution in [2.24, 2.45) is 4.40 Å². The van der Waals surface area contributed by atoms with Gasteiger partial charge in [-0.3, -0.25) is 9.59 Å². The van der Waals surface area contributed by atoms with Crippen LogP contribution in [0.3, 0.4) is 0 Å². The molecule has 2 rings (SSSR count). The van der Waals surface area contributed by atoms with Crippen LogP contribution in [-0.2, 0) is 19.6 Å². The van der Waals surface area contributed by atoms with E-state index in [-0.39, 0.29) is 23.3 Å². The van der Waals surface area contributed by atoms with Crippen molar-refractivity contribution in [1.29, 1.82) is 0 Å². The average molecular weight is 353 g/mol. The summed E-state index contributed by atoms with van der Waals surface area (Å²) in [5.74, 6) is -1.34. The SMILES string of the molecule is CC(C)N(CC(=O)O)C(=O)CN(C)C1=NS(=O)(=O)c2ccccc21. The zero-order valence-electron chi connectivity index (χ0n) is 13.6. The lowest BCUT2D eigenvalue weighted by Gasteiger charge is -2.28. The standard InChI is InChI=1S/C15H19N3O5S/c1-10(2)18(9-14(20)21)13(19)8-17(3)15-11-6-4-5-7-12(11)24(22,23)16-15/h4-7,10H,8-9H2,1-3H3,(H,20,21). The molecule has 0 radical (unpaired) electrons. The molecule has 0 aliphatic carbocycles. The number of amidine groups is 1. The molecule has 0 atom stereocenters. The number of hydrogen-bond donors (Lipinski definition) is 1. The highest BCUT2D eigenvalue weighted by Gasteiger charge is 2.31. The first-order valence-corrected chi connectivity index (χ1v) is 8.74. The molecule has 9 heteroatoms. The fourth-order valence-corrected chi connectivity index (χ4v) is 3.69. The number of fused-ring (bicyclic) bond motifs is 1. The minimum absolute atomic E-state index is 0.102. The third kappa shape index (κ3) is 3.56. The quantitative estimate of drug-likeness (QED) is 0.820. The number of benzene rings is 1. The first-order chi connectivity index (χ1) is 11.1. The van der Waals surface area contributed by atoms with Gasteiger partial charge >= 0.3 is 5.97 Å². The second-order valence-electron chi connectivity index (χ2n) is 5.75. The van der Waals surface area contributed by atoms with Crippen molar-refractivity contribution >= 4 is 27.7 Å². The zero-order valence-corrected chi connectivity index (χ0v) is 14.4. The maximum atomic E-state index is 12.4. The molecule has 0 unspecified atom stereocenters. The third-order valence-corrected chi connectivity index (χ3v) is 4.92. The van der Waals surface area contributed by atoms with Crippen LogP contribution in [0, 0.1) is 0 Å². The molecule has 0 saturated heterocycles. The van der Waals surface area contributed by atoms with E-state index in [1.165, 1.54) is 15.9 Å². The summed E-state index contributed by atoms with van der Waals surface area (Å²) in [6.07, 6.45) is 0. The molecule has 0 spiro atoms. The van der Waals surface area contributed by atoms with E-state index in [0.717, 1.165) is 0 Å². The molecule has 1 aliphatic heterocycles. The highest BCUT2D eigenvalue weighted by molar-refractivity contribution is 7.90. The number of rotatable bonds is 5. The average Bonchev–Trinajstić information content (AvgIpc) is 2.76. The Hall–Kier alpha value is -2.42. The molecule has 0 fully saturated rings. The molecule has 1 N–H and O–H groups in total. The minimum Gasteiger partial charge on any atom is -0.480 e. The minimum atomic E-state index is -3.76. The molecule has 24 heavy (non-hydrogen) atoms. The van der Waals surface area contributed by atoms with Crippen molar-refractivity contribution in [2.75, 3.05) is 20.1 Å². The Morgan fingerprint density at radius 1 is 1.21 bits per heavy atom. The van der Waals surface area contributed by atoms with Crippen molar-refractivity contribution in [3.8, 4) is 0 Å². The van der Waals surface area contributed by atoms with Gasteiger partial charge < -0.3 is 14.9 Å². The molecular weight excluding hydrogens is 334 g/mol. The van der Waals surface area contributed by atoms with E-state index in [9.17, 15) is 18.0 Å². The van der Waals surface area contributed by atoms with Crippen LogP contribution < -0.4 is 0 Å². The third-order valence-electron chi connectivity index (χ3n) is 3.60. The lowest BCUT2D eigenvalue weighted by atomic mass is 10.2. The van der Waals surface area contributed by atoms with Crippen LogP contribution in [0.4, 0.5) is 0 Å². The molecule has 1 aliphatic rings. The van der Waals surface area contributed by atoms with Crippen molar-refractivity contribution in [3.05, 3.63) is 29.8 Å². The number of nitrogens with zero attached hydrogens (tertiary/aromatic N) is 3. The number of carboxylic acids is 1. The molecule has 0 saturated carbocycles. The van der Waals surface area contributed by atoms with Gasteiger partial charge in [0.25, 0.3) is 10.0 Å². The molecule has 1 amide bonds. The van der Waals surface area contributed by atoms with Crippen LogP contribution in [0.2, 0.25) is 0 Å². The maximum absolute atomic E-state index is 12.4. The summed E-state index contributed by atoms with van der Waals surface area (Å²) >= 11 is 0. The molecular formula is C15H19N3O5S. The Kier molecular flexibility index (Phi) is 4.93. The predicted molar refractivity (Wildman–Crippen MR) is 87.3 cm³/mol. The van der Waals surface area contributed by atoms with Gasteiger partial charge in [-0.1, -0.05) is 12.1 Å². The Balaban J connectivity index is 2.23. The topological polar surface area (TPSA) is 107 Å². The number of aliphatic carboxylic acids is 1. The Morgan fingerprint density at radius 2 is 1.83 bits per heavy atom. The first kappa shape index (κ1) is 17.9. The van der Waals surface area contributed by atoms with Gasteiger partial charge in [-0.15, -0.1) is 4.40 Å². The van der Waals surface area contributed by atoms with Crippen LogP contribution in [0.15, 0.2) is 33.6 Å². The van der Waals surface area contributed by atoms with Gasteiger partial charge in [0.15, 0.2) is 5.84 Å². The summed E-state index contributed by atoms with van der Waals surface area (Å²) in [6, 6.07) is 6.09. The van der Waals surface area contributed by atoms with Gasteiger partial charge in [-0.2, -0.15) is 8.42 Å². The number of amides is 1. The second kappa shape index (κ2) is 6.60. The van der Waals surface area contributed by atoms with Gasteiger partial charge in [0, 0.05) is 18.7 Å². The van der Waals surface area contributed by atoms with E-state index in [4.69, 9.17) is 5.11 Å². The van der Waals surface area contributed by atoms with Crippen LogP contribution in [0.1, 0.15) is 19.4 Å². The lowest BCUT2D eigenvalue weighted by Crippen LogP contribution is -2.46. The number of carbonyl (C=O) groups is 2. The van der Waals surface area contributed by atoms with Gasteiger partial charge in [0.05, 0.1) is 6.54 Å². The summed E-state index contributed by atoms with van der Waals surface area (Å²) in [5.41, 5.74) is 0.433. The van der Waals surface area contributed by atoms with Crippen molar-refractivity contribution < 1.29 is 23.1 Å². The molecule has 8 nitrogen and oxygen atoms in total. The van der Waals surface area contributed by atoms with Crippen LogP contribution in [0.25, 0.3) is 0 Å². The Bertz CT molecular complexity index is 801. The fourth-order valence-electron chi connectivity index (χ4n) is 2.44. The molecule has 0 aromatic heterocycles. The fraction of sp³-hybridized carbons (Fsp3) is 0.400. The van der Waals surface area contributed by atoms with Crippen molar-refractivity contribution in [1.82, 2.24) is 9.80 Å². The number of sulfonamides is 1. The molecule has 1 aromatic carbocycles. The van der Waals surface area contributed by atoms with E-state index in [1.54, 1.807) is 39.1 Å². The molecule has 1 aromatic rings. The second-order valence-corrected chi connectivity index (χ2v) is 7.32. The van der Waals surface area contributed by atoms with Gasteiger partial charge in [0.2, 0.25) is 5.91 Å². The summed E-state index contributed by atoms with van der Waals surface area (Å²) in [4.78, 5) is 26.0. The van der Waals surface area contributed by atoms with Gasteiger partial charge in [0.1, 0.15) is 11.4 Å². The van der Waals surface area contributed by atoms with E-state index in [2.05, 4.69) is 4.40 Å². The highest BCUT2D eigenvalue weighted by atomic mass is 32.2. The number of likely N-dealkylation sites (N-methyl/N-ethyl adjacent to an activating group) is 1. The van der Waals surface area contributed by atoms with Crippen molar-refractivity contribution in [2.45, 2.75) is 24.8 Å².